The van der Waals surface area contributed by atoms with Gasteiger partial charge in [-0.3, -0.25) is 19.2 Å². The zero-order valence-electron chi connectivity index (χ0n) is 32.0. The third kappa shape index (κ3) is 7.83. The van der Waals surface area contributed by atoms with Gasteiger partial charge >= 0.3 is 11.9 Å². The first-order valence-electron chi connectivity index (χ1n) is 19.4. The van der Waals surface area contributed by atoms with E-state index in [9.17, 15) is 29.1 Å². The van der Waals surface area contributed by atoms with Crippen LogP contribution >= 0.6 is 0 Å². The first-order valence-corrected chi connectivity index (χ1v) is 19.4. The number of rotatable bonds is 7. The monoisotopic (exact) mass is 753 g/mol. The van der Waals surface area contributed by atoms with Gasteiger partial charge < -0.3 is 34.3 Å². The van der Waals surface area contributed by atoms with Crippen molar-refractivity contribution in [3.63, 3.8) is 0 Å². The number of hydrogen-bond acceptors (Lipinski definition) is 8. The molecule has 2 saturated heterocycles. The average molecular weight is 754 g/mol. The first-order chi connectivity index (χ1) is 26.3. The third-order valence-corrected chi connectivity index (χ3v) is 11.6. The summed E-state index contributed by atoms with van der Waals surface area (Å²) in [5, 5.41) is 13.2. The van der Waals surface area contributed by atoms with E-state index in [-0.39, 0.29) is 56.1 Å². The summed E-state index contributed by atoms with van der Waals surface area (Å²) in [6.45, 7) is 6.10. The van der Waals surface area contributed by atoms with Gasteiger partial charge in [0.25, 0.3) is 0 Å². The minimum absolute atomic E-state index is 0.000106. The smallest absolute Gasteiger partial charge is 0.330 e. The molecule has 4 aliphatic rings. The second-order valence-corrected chi connectivity index (χ2v) is 16.5. The molecule has 13 nitrogen and oxygen atoms in total. The van der Waals surface area contributed by atoms with Gasteiger partial charge in [0, 0.05) is 54.9 Å². The number of hydrogen-bond donors (Lipinski definition) is 2. The number of carboxylic acids is 1. The van der Waals surface area contributed by atoms with Gasteiger partial charge in [0.15, 0.2) is 0 Å². The van der Waals surface area contributed by atoms with Crippen molar-refractivity contribution in [1.29, 1.82) is 0 Å². The van der Waals surface area contributed by atoms with Gasteiger partial charge in [-0.25, -0.2) is 9.78 Å². The van der Waals surface area contributed by atoms with Crippen LogP contribution in [0.25, 0.3) is 22.4 Å². The largest absolute Gasteiger partial charge is 0.497 e. The molecule has 3 aromatic rings. The SMILES string of the molecule is COc1ccc2c(c1)nc(-c1ccccc1)n2CC(=O)N1C[C@H]2CN3C(=O)[C@H](CC(=O)OC(C)(C)C)CCCCC/C=C\[C@@H]4C[C@@]4(C(=O)O)NC(=O)[C@@H]3[C@H]2C1. The summed E-state index contributed by atoms with van der Waals surface area (Å²) in [6.07, 6.45) is 7.64. The van der Waals surface area contributed by atoms with Crippen LogP contribution in [-0.2, 0) is 35.3 Å². The highest BCUT2D eigenvalue weighted by Gasteiger charge is 2.62. The predicted molar refractivity (Wildman–Crippen MR) is 204 cm³/mol. The number of allylic oxidation sites excluding steroid dienone is 1. The maximum absolute atomic E-state index is 14.5. The minimum Gasteiger partial charge on any atom is -0.497 e. The van der Waals surface area contributed by atoms with Crippen molar-refractivity contribution in [1.82, 2.24) is 24.7 Å². The van der Waals surface area contributed by atoms with Crippen LogP contribution in [-0.4, -0.2) is 98.0 Å². The molecule has 7 rings (SSSR count). The molecule has 55 heavy (non-hydrogen) atoms. The van der Waals surface area contributed by atoms with Crippen LogP contribution in [0.15, 0.2) is 60.7 Å². The maximum Gasteiger partial charge on any atom is 0.330 e. The van der Waals surface area contributed by atoms with E-state index in [4.69, 9.17) is 14.5 Å². The van der Waals surface area contributed by atoms with Gasteiger partial charge in [0.1, 0.15) is 35.3 Å². The highest BCUT2D eigenvalue weighted by molar-refractivity contribution is 5.96. The Balaban J connectivity index is 1.17. The molecule has 292 valence electrons. The highest BCUT2D eigenvalue weighted by atomic mass is 16.6. The Kier molecular flexibility index (Phi) is 10.5. The van der Waals surface area contributed by atoms with Crippen molar-refractivity contribution in [2.75, 3.05) is 26.7 Å². The van der Waals surface area contributed by atoms with E-state index < -0.39 is 46.9 Å². The molecular weight excluding hydrogens is 702 g/mol. The summed E-state index contributed by atoms with van der Waals surface area (Å²) < 4.78 is 12.9. The number of ether oxygens (including phenoxy) is 2. The lowest BCUT2D eigenvalue weighted by Crippen LogP contribution is -2.56. The molecule has 3 amide bonds. The van der Waals surface area contributed by atoms with Crippen molar-refractivity contribution < 1.29 is 38.6 Å². The quantitative estimate of drug-likeness (QED) is 0.255. The Labute approximate surface area is 321 Å². The van der Waals surface area contributed by atoms with Crippen LogP contribution in [0.4, 0.5) is 0 Å². The zero-order valence-corrected chi connectivity index (χ0v) is 32.0. The van der Waals surface area contributed by atoms with Crippen LogP contribution < -0.4 is 10.1 Å². The number of nitrogens with zero attached hydrogens (tertiary/aromatic N) is 4. The van der Waals surface area contributed by atoms with E-state index in [1.807, 2.05) is 65.3 Å². The van der Waals surface area contributed by atoms with E-state index >= 15 is 0 Å². The number of fused-ring (bicyclic) bond motifs is 5. The average Bonchev–Trinajstić information content (AvgIpc) is 3.38. The number of aromatic nitrogens is 2. The summed E-state index contributed by atoms with van der Waals surface area (Å²) in [4.78, 5) is 77.1. The molecule has 0 radical (unpaired) electrons. The number of carboxylic acid groups (broad SMARTS) is 1. The summed E-state index contributed by atoms with van der Waals surface area (Å²) in [6, 6.07) is 14.2. The normalized spacial score (nSPS) is 27.6. The maximum atomic E-state index is 14.5. The topological polar surface area (TPSA) is 160 Å². The Bertz CT molecular complexity index is 2000. The molecule has 2 aromatic carbocycles. The first kappa shape index (κ1) is 38.1. The Hall–Kier alpha value is -5.20. The number of aliphatic carboxylic acids is 1. The van der Waals surface area contributed by atoms with E-state index in [1.165, 1.54) is 0 Å². The van der Waals surface area contributed by atoms with Gasteiger partial charge in [-0.15, -0.1) is 0 Å². The van der Waals surface area contributed by atoms with Gasteiger partial charge in [0.2, 0.25) is 17.7 Å². The van der Waals surface area contributed by atoms with E-state index in [2.05, 4.69) is 5.32 Å². The van der Waals surface area contributed by atoms with Crippen LogP contribution in [0, 0.1) is 23.7 Å². The zero-order chi connectivity index (χ0) is 39.1. The lowest BCUT2D eigenvalue weighted by Gasteiger charge is -2.32. The number of benzene rings is 2. The number of imidazole rings is 1. The molecule has 13 heteroatoms. The van der Waals surface area contributed by atoms with Crippen molar-refractivity contribution >= 4 is 40.7 Å². The molecule has 0 unspecified atom stereocenters. The number of likely N-dealkylation sites (tertiary alicyclic amines) is 1. The summed E-state index contributed by atoms with van der Waals surface area (Å²) in [5.41, 5.74) is 0.134. The Morgan fingerprint density at radius 2 is 1.80 bits per heavy atom. The number of esters is 1. The Morgan fingerprint density at radius 1 is 1.02 bits per heavy atom. The molecule has 2 N–H and O–H groups in total. The summed E-state index contributed by atoms with van der Waals surface area (Å²) in [5.74, 6) is -3.02. The summed E-state index contributed by atoms with van der Waals surface area (Å²) >= 11 is 0. The molecule has 0 spiro atoms. The molecular formula is C42H51N5O8. The second-order valence-electron chi connectivity index (χ2n) is 16.5. The fourth-order valence-electron chi connectivity index (χ4n) is 8.73. The van der Waals surface area contributed by atoms with Gasteiger partial charge in [-0.2, -0.15) is 0 Å². The number of carbonyl (C=O) groups is 5. The molecule has 3 aliphatic heterocycles. The molecule has 1 aliphatic carbocycles. The third-order valence-electron chi connectivity index (χ3n) is 11.6. The van der Waals surface area contributed by atoms with Crippen molar-refractivity contribution in [2.45, 2.75) is 89.4 Å². The molecule has 1 saturated carbocycles. The fourth-order valence-corrected chi connectivity index (χ4v) is 8.73. The van der Waals surface area contributed by atoms with Crippen LogP contribution in [0.3, 0.4) is 0 Å². The molecule has 1 aromatic heterocycles. The van der Waals surface area contributed by atoms with E-state index in [0.29, 0.717) is 30.1 Å². The molecule has 0 bridgehead atoms. The molecule has 3 fully saturated rings. The lowest BCUT2D eigenvalue weighted by atomic mass is 9.92. The molecule has 4 heterocycles. The van der Waals surface area contributed by atoms with E-state index in [1.54, 1.807) is 37.7 Å². The van der Waals surface area contributed by atoms with Gasteiger partial charge in [0.05, 0.1) is 24.6 Å². The van der Waals surface area contributed by atoms with E-state index in [0.717, 1.165) is 36.8 Å². The van der Waals surface area contributed by atoms with Gasteiger partial charge in [-0.1, -0.05) is 55.3 Å². The minimum atomic E-state index is -1.45. The fraction of sp³-hybridized carbons (Fsp3) is 0.524. The number of amides is 3. The Morgan fingerprint density at radius 3 is 2.53 bits per heavy atom. The van der Waals surface area contributed by atoms with Crippen molar-refractivity contribution in [3.8, 4) is 17.1 Å². The van der Waals surface area contributed by atoms with Crippen LogP contribution in [0.5, 0.6) is 5.75 Å². The number of carbonyl (C=O) groups excluding carboxylic acids is 4. The van der Waals surface area contributed by atoms with Gasteiger partial charge in [-0.05, 0) is 58.6 Å². The standard InChI is InChI=1S/C42H51N5O8/c1-41(2,3)55-35(49)19-27-15-9-6-5-7-12-16-29-21-42(29,40(52)53)44-38(50)36-31-24-45(22-28(31)23-47(36)39(27)51)34(48)25-46-33-18-17-30(54-4)20-32(33)43-37(46)26-13-10-8-11-14-26/h8,10-14,16-18,20,27-29,31,36H,5-7,9,15,19,21-25H2,1-4H3,(H,44,50)(H,52,53)/b16-12-/t27-,28-,29+,31-,36-,42+/m0/s1. The predicted octanol–water partition coefficient (Wildman–Crippen LogP) is 4.83. The summed E-state index contributed by atoms with van der Waals surface area (Å²) in [7, 11) is 1.59. The van der Waals surface area contributed by atoms with Crippen molar-refractivity contribution in [3.05, 3.63) is 60.7 Å². The van der Waals surface area contributed by atoms with Crippen LogP contribution in [0.1, 0.15) is 65.7 Å². The second kappa shape index (κ2) is 15.1. The lowest BCUT2D eigenvalue weighted by molar-refractivity contribution is -0.159. The van der Waals surface area contributed by atoms with Crippen molar-refractivity contribution in [2.24, 2.45) is 23.7 Å². The van der Waals surface area contributed by atoms with Crippen LogP contribution in [0.2, 0.25) is 0 Å². The number of methoxy groups -OCH3 is 1. The highest BCUT2D eigenvalue weighted by Crippen LogP contribution is 2.46. The number of nitrogens with one attached hydrogen (secondary N) is 1. The molecule has 6 atom stereocenters.